The molecule has 0 aromatic carbocycles. The molecule has 27 heavy (non-hydrogen) atoms. The summed E-state index contributed by atoms with van der Waals surface area (Å²) in [7, 11) is 0. The van der Waals surface area contributed by atoms with Crippen LogP contribution in [0.3, 0.4) is 0 Å². The molecule has 0 unspecified atom stereocenters. The van der Waals surface area contributed by atoms with Gasteiger partial charge in [0.2, 0.25) is 5.28 Å². The molecule has 0 spiro atoms. The topological polar surface area (TPSA) is 132 Å². The van der Waals surface area contributed by atoms with Crippen molar-refractivity contribution in [2.45, 2.75) is 51.0 Å². The van der Waals surface area contributed by atoms with Crippen molar-refractivity contribution in [1.82, 2.24) is 19.5 Å². The number of aliphatic hydroxyl groups excluding tert-OH is 2. The number of amides is 1. The first-order valence-corrected chi connectivity index (χ1v) is 8.47. The highest BCUT2D eigenvalue weighted by Gasteiger charge is 2.45. The summed E-state index contributed by atoms with van der Waals surface area (Å²) in [4.78, 5) is 24.0. The molecule has 4 atom stereocenters. The van der Waals surface area contributed by atoms with Gasteiger partial charge in [-0.2, -0.15) is 9.97 Å². The Kier molecular flexibility index (Phi) is 5.21. The van der Waals surface area contributed by atoms with Crippen LogP contribution in [-0.2, 0) is 9.47 Å². The lowest BCUT2D eigenvalue weighted by Crippen LogP contribution is -2.30. The molecule has 1 amide bonds. The molecule has 1 saturated heterocycles. The number of nitrogens with one attached hydrogen (secondary N) is 1. The smallest absolute Gasteiger partial charge is 0.413 e. The molecule has 0 aliphatic carbocycles. The number of alkyl halides is 1. The molecule has 3 heterocycles. The number of carbonyl (C=O) groups is 1. The number of imidazole rings is 1. The van der Waals surface area contributed by atoms with Gasteiger partial charge in [0.15, 0.2) is 29.4 Å². The van der Waals surface area contributed by atoms with Crippen LogP contribution >= 0.6 is 11.6 Å². The number of nitrogens with zero attached hydrogens (tertiary/aromatic N) is 4. The van der Waals surface area contributed by atoms with Crippen LogP contribution in [0.25, 0.3) is 11.2 Å². The first kappa shape index (κ1) is 19.7. The van der Waals surface area contributed by atoms with Crippen LogP contribution in [0.4, 0.5) is 15.0 Å². The summed E-state index contributed by atoms with van der Waals surface area (Å²) in [6, 6.07) is 0. The van der Waals surface area contributed by atoms with Crippen molar-refractivity contribution in [3.05, 3.63) is 11.6 Å². The van der Waals surface area contributed by atoms with Crippen molar-refractivity contribution in [1.29, 1.82) is 0 Å². The number of halogens is 2. The highest BCUT2D eigenvalue weighted by Crippen LogP contribution is 2.34. The minimum absolute atomic E-state index is 0.0225. The van der Waals surface area contributed by atoms with Gasteiger partial charge < -0.3 is 19.7 Å². The first-order chi connectivity index (χ1) is 12.6. The van der Waals surface area contributed by atoms with Crippen molar-refractivity contribution in [2.24, 2.45) is 0 Å². The van der Waals surface area contributed by atoms with Crippen LogP contribution in [0.1, 0.15) is 27.0 Å². The molecule has 3 N–H and O–H groups in total. The number of fused-ring (bicyclic) bond motifs is 1. The monoisotopic (exact) mass is 403 g/mol. The molecule has 3 rings (SSSR count). The lowest BCUT2D eigenvalue weighted by Gasteiger charge is -2.19. The highest BCUT2D eigenvalue weighted by atomic mass is 35.5. The molecule has 0 bridgehead atoms. The lowest BCUT2D eigenvalue weighted by atomic mass is 10.1. The molecule has 148 valence electrons. The Morgan fingerprint density at radius 3 is 2.78 bits per heavy atom. The van der Waals surface area contributed by atoms with Crippen LogP contribution in [0, 0.1) is 0 Å². The third kappa shape index (κ3) is 3.95. The van der Waals surface area contributed by atoms with Crippen LogP contribution in [0.15, 0.2) is 6.33 Å². The Labute approximate surface area is 158 Å². The fourth-order valence-electron chi connectivity index (χ4n) is 2.64. The second-order valence-electron chi connectivity index (χ2n) is 6.97. The minimum atomic E-state index is -1.82. The van der Waals surface area contributed by atoms with Crippen molar-refractivity contribution >= 4 is 34.7 Å². The van der Waals surface area contributed by atoms with Gasteiger partial charge in [-0.05, 0) is 32.4 Å². The van der Waals surface area contributed by atoms with Crippen LogP contribution < -0.4 is 5.32 Å². The standard InChI is InChI=1S/C15H19ClFN5O5/c1-15(2,3)27-14(25)20-10-8-11(21-13(16)19-10)22(5-18-8)12-7(17)9(24)6(4-23)26-12/h5-7,9,12,23-24H,4H2,1-3H3,(H,19,20,21,25)/t6-,7+,9-,12-/m1/s1. The Hall–Kier alpha value is -2.08. The predicted octanol–water partition coefficient (Wildman–Crippen LogP) is 1.42. The number of hydrogen-bond donors (Lipinski definition) is 3. The van der Waals surface area contributed by atoms with Crippen molar-refractivity contribution in [3.63, 3.8) is 0 Å². The van der Waals surface area contributed by atoms with E-state index in [-0.39, 0.29) is 22.3 Å². The van der Waals surface area contributed by atoms with E-state index in [9.17, 15) is 19.4 Å². The van der Waals surface area contributed by atoms with E-state index in [0.717, 1.165) is 0 Å². The number of aliphatic hydroxyl groups is 2. The SMILES string of the molecule is CC(C)(C)OC(=O)Nc1nc(Cl)nc2c1ncn2[C@@H]1O[C@H](CO)[C@@H](O)[C@@H]1F. The van der Waals surface area contributed by atoms with Crippen LogP contribution in [0.5, 0.6) is 0 Å². The molecular weight excluding hydrogens is 385 g/mol. The molecule has 2 aromatic rings. The number of ether oxygens (including phenoxy) is 2. The molecule has 0 saturated carbocycles. The minimum Gasteiger partial charge on any atom is -0.444 e. The molecule has 12 heteroatoms. The molecule has 10 nitrogen and oxygen atoms in total. The van der Waals surface area contributed by atoms with Gasteiger partial charge in [-0.25, -0.2) is 14.2 Å². The zero-order chi connectivity index (χ0) is 19.9. The Bertz CT molecular complexity index is 857. The van der Waals surface area contributed by atoms with Gasteiger partial charge in [0, 0.05) is 0 Å². The van der Waals surface area contributed by atoms with E-state index in [2.05, 4.69) is 20.3 Å². The molecule has 1 aliphatic rings. The van der Waals surface area contributed by atoms with E-state index in [1.165, 1.54) is 10.9 Å². The van der Waals surface area contributed by atoms with E-state index in [0.29, 0.717) is 0 Å². The van der Waals surface area contributed by atoms with Gasteiger partial charge >= 0.3 is 6.09 Å². The summed E-state index contributed by atoms with van der Waals surface area (Å²) in [6.45, 7) is 4.55. The molecule has 2 aromatic heterocycles. The van der Waals surface area contributed by atoms with Crippen molar-refractivity contribution in [3.8, 4) is 0 Å². The number of carbonyl (C=O) groups excluding carboxylic acids is 1. The van der Waals surface area contributed by atoms with E-state index >= 15 is 0 Å². The molecule has 1 fully saturated rings. The maximum atomic E-state index is 14.4. The second-order valence-corrected chi connectivity index (χ2v) is 7.31. The Morgan fingerprint density at radius 2 is 2.19 bits per heavy atom. The summed E-state index contributed by atoms with van der Waals surface area (Å²) in [5.74, 6) is -0.0225. The normalized spacial score (nSPS) is 25.7. The van der Waals surface area contributed by atoms with Gasteiger partial charge in [-0.3, -0.25) is 9.88 Å². The van der Waals surface area contributed by atoms with Gasteiger partial charge in [0.1, 0.15) is 17.8 Å². The number of rotatable bonds is 3. The van der Waals surface area contributed by atoms with Crippen molar-refractivity contribution < 1.29 is 28.9 Å². The van der Waals surface area contributed by atoms with E-state index in [1.807, 2.05) is 0 Å². The van der Waals surface area contributed by atoms with E-state index < -0.39 is 42.9 Å². The average Bonchev–Trinajstić information content (AvgIpc) is 3.08. The number of anilines is 1. The van der Waals surface area contributed by atoms with Gasteiger partial charge in [0.05, 0.1) is 12.9 Å². The zero-order valence-corrected chi connectivity index (χ0v) is 15.5. The Balaban J connectivity index is 1.95. The lowest BCUT2D eigenvalue weighted by molar-refractivity contribution is -0.0459. The summed E-state index contributed by atoms with van der Waals surface area (Å²) in [6.07, 6.45) is -5.24. The second kappa shape index (κ2) is 7.15. The van der Waals surface area contributed by atoms with Crippen LogP contribution in [0.2, 0.25) is 5.28 Å². The van der Waals surface area contributed by atoms with Crippen LogP contribution in [-0.4, -0.2) is 66.4 Å². The number of hydrogen-bond acceptors (Lipinski definition) is 8. The predicted molar refractivity (Wildman–Crippen MR) is 92.1 cm³/mol. The summed E-state index contributed by atoms with van der Waals surface area (Å²) in [5, 5.41) is 21.2. The summed E-state index contributed by atoms with van der Waals surface area (Å²) in [5.41, 5.74) is -0.518. The summed E-state index contributed by atoms with van der Waals surface area (Å²) < 4.78 is 26.1. The maximum absolute atomic E-state index is 14.4. The Morgan fingerprint density at radius 1 is 1.48 bits per heavy atom. The zero-order valence-electron chi connectivity index (χ0n) is 14.8. The highest BCUT2D eigenvalue weighted by molar-refractivity contribution is 6.28. The molecule has 1 aliphatic heterocycles. The van der Waals surface area contributed by atoms with Gasteiger partial charge in [0.25, 0.3) is 0 Å². The van der Waals surface area contributed by atoms with Gasteiger partial charge in [-0.1, -0.05) is 0 Å². The van der Waals surface area contributed by atoms with Gasteiger partial charge in [-0.15, -0.1) is 0 Å². The van der Waals surface area contributed by atoms with Crippen molar-refractivity contribution in [2.75, 3.05) is 11.9 Å². The average molecular weight is 404 g/mol. The molecular formula is C15H19ClFN5O5. The maximum Gasteiger partial charge on any atom is 0.413 e. The largest absolute Gasteiger partial charge is 0.444 e. The summed E-state index contributed by atoms with van der Waals surface area (Å²) >= 11 is 5.92. The third-order valence-electron chi connectivity index (χ3n) is 3.76. The first-order valence-electron chi connectivity index (χ1n) is 8.09. The quantitative estimate of drug-likeness (QED) is 0.655. The van der Waals surface area contributed by atoms with E-state index in [1.54, 1.807) is 20.8 Å². The third-order valence-corrected chi connectivity index (χ3v) is 3.93. The number of aromatic nitrogens is 4. The fraction of sp³-hybridized carbons (Fsp3) is 0.600. The molecule has 0 radical (unpaired) electrons. The van der Waals surface area contributed by atoms with E-state index in [4.69, 9.17) is 21.1 Å². The fourth-order valence-corrected chi connectivity index (χ4v) is 2.81.